The molecule has 2 aromatic rings. The molecule has 1 saturated carbocycles. The van der Waals surface area contributed by atoms with Crippen LogP contribution >= 0.6 is 11.8 Å². The summed E-state index contributed by atoms with van der Waals surface area (Å²) < 4.78 is 5.53. The highest BCUT2D eigenvalue weighted by atomic mass is 32.2. The predicted octanol–water partition coefficient (Wildman–Crippen LogP) is 5.89. The number of amidine groups is 1. The summed E-state index contributed by atoms with van der Waals surface area (Å²) in [5, 5.41) is 9.90. The highest BCUT2D eigenvalue weighted by Crippen LogP contribution is 2.38. The fraction of sp³-hybridized carbons (Fsp3) is 0.269. The van der Waals surface area contributed by atoms with Crippen molar-refractivity contribution in [2.45, 2.75) is 38.1 Å². The number of carboxylic acid groups (broad SMARTS) is 1. The van der Waals surface area contributed by atoms with Gasteiger partial charge in [-0.2, -0.15) is 0 Å². The number of hydrogen-bond acceptors (Lipinski definition) is 5. The first-order chi connectivity index (χ1) is 16.0. The van der Waals surface area contributed by atoms with Crippen LogP contribution in [0.15, 0.2) is 71.1 Å². The number of carboxylic acids is 1. The van der Waals surface area contributed by atoms with Crippen molar-refractivity contribution in [2.75, 3.05) is 6.61 Å². The van der Waals surface area contributed by atoms with Crippen molar-refractivity contribution >= 4 is 40.6 Å². The summed E-state index contributed by atoms with van der Waals surface area (Å²) >= 11 is 1.34. The molecule has 7 heteroatoms. The third-order valence-corrected chi connectivity index (χ3v) is 6.62. The van der Waals surface area contributed by atoms with Gasteiger partial charge < -0.3 is 9.84 Å². The van der Waals surface area contributed by atoms with Gasteiger partial charge in [0.2, 0.25) is 0 Å². The zero-order chi connectivity index (χ0) is 23.2. The summed E-state index contributed by atoms with van der Waals surface area (Å²) in [6.07, 6.45) is 8.82. The van der Waals surface area contributed by atoms with Crippen LogP contribution in [0, 0.1) is 0 Å². The Morgan fingerprint density at radius 3 is 2.64 bits per heavy atom. The molecule has 1 aliphatic carbocycles. The van der Waals surface area contributed by atoms with E-state index in [1.807, 2.05) is 35.2 Å². The Labute approximate surface area is 197 Å². The lowest BCUT2D eigenvalue weighted by Crippen LogP contribution is -2.40. The SMILES string of the molecule is C=CCOc1ccc(/C=C2\SC(=Nc3cccc(C(=O)O)c3)N(C3CCCCC3)C2=O)cc1. The van der Waals surface area contributed by atoms with Crippen LogP contribution in [0.1, 0.15) is 48.0 Å². The molecule has 0 bridgehead atoms. The smallest absolute Gasteiger partial charge is 0.335 e. The second-order valence-electron chi connectivity index (χ2n) is 8.00. The average molecular weight is 463 g/mol. The molecular formula is C26H26N2O4S. The average Bonchev–Trinajstić information content (AvgIpc) is 3.13. The number of carbonyl (C=O) groups excluding carboxylic acids is 1. The van der Waals surface area contributed by atoms with Crippen LogP contribution in [-0.2, 0) is 4.79 Å². The van der Waals surface area contributed by atoms with Crippen LogP contribution < -0.4 is 4.74 Å². The molecule has 1 aliphatic heterocycles. The number of hydrogen-bond donors (Lipinski definition) is 1. The molecule has 6 nitrogen and oxygen atoms in total. The Bertz CT molecular complexity index is 1100. The topological polar surface area (TPSA) is 79.2 Å². The molecule has 4 rings (SSSR count). The summed E-state index contributed by atoms with van der Waals surface area (Å²) in [5.74, 6) is -0.309. The van der Waals surface area contributed by atoms with Crippen molar-refractivity contribution in [1.29, 1.82) is 0 Å². The minimum absolute atomic E-state index is 0.0491. The number of thioether (sulfide) groups is 1. The van der Waals surface area contributed by atoms with E-state index in [-0.39, 0.29) is 17.5 Å². The van der Waals surface area contributed by atoms with Gasteiger partial charge in [-0.25, -0.2) is 9.79 Å². The molecule has 2 fully saturated rings. The van der Waals surface area contributed by atoms with Crippen LogP contribution in [-0.4, -0.2) is 39.7 Å². The molecular weight excluding hydrogens is 436 g/mol. The Hall–Kier alpha value is -3.32. The molecule has 0 radical (unpaired) electrons. The summed E-state index contributed by atoms with van der Waals surface area (Å²) in [6.45, 7) is 4.08. The fourth-order valence-electron chi connectivity index (χ4n) is 4.01. The number of ether oxygens (including phenoxy) is 1. The Morgan fingerprint density at radius 2 is 1.94 bits per heavy atom. The van der Waals surface area contributed by atoms with E-state index < -0.39 is 5.97 Å². The van der Waals surface area contributed by atoms with Gasteiger partial charge in [-0.1, -0.05) is 50.1 Å². The van der Waals surface area contributed by atoms with Gasteiger partial charge in [-0.05, 0) is 66.6 Å². The number of benzene rings is 2. The molecule has 1 saturated heterocycles. The minimum Gasteiger partial charge on any atom is -0.490 e. The van der Waals surface area contributed by atoms with E-state index in [4.69, 9.17) is 9.73 Å². The van der Waals surface area contributed by atoms with Gasteiger partial charge >= 0.3 is 5.97 Å². The van der Waals surface area contributed by atoms with Crippen molar-refractivity contribution in [3.05, 3.63) is 77.2 Å². The second kappa shape index (κ2) is 10.5. The number of nitrogens with zero attached hydrogens (tertiary/aromatic N) is 2. The van der Waals surface area contributed by atoms with E-state index in [0.29, 0.717) is 22.4 Å². The van der Waals surface area contributed by atoms with E-state index in [9.17, 15) is 14.7 Å². The van der Waals surface area contributed by atoms with Gasteiger partial charge in [0.1, 0.15) is 12.4 Å². The van der Waals surface area contributed by atoms with Crippen LogP contribution in [0.5, 0.6) is 5.75 Å². The third kappa shape index (κ3) is 5.54. The molecule has 0 spiro atoms. The molecule has 1 heterocycles. The molecule has 1 N–H and O–H groups in total. The van der Waals surface area contributed by atoms with Crippen molar-refractivity contribution in [1.82, 2.24) is 4.90 Å². The van der Waals surface area contributed by atoms with Gasteiger partial charge in [0.15, 0.2) is 5.17 Å². The first-order valence-electron chi connectivity index (χ1n) is 11.0. The summed E-state index contributed by atoms with van der Waals surface area (Å²) in [7, 11) is 0. The number of rotatable bonds is 7. The van der Waals surface area contributed by atoms with Gasteiger partial charge in [-0.15, -0.1) is 0 Å². The van der Waals surface area contributed by atoms with Crippen molar-refractivity contribution < 1.29 is 19.4 Å². The van der Waals surface area contributed by atoms with Gasteiger partial charge in [0.25, 0.3) is 5.91 Å². The maximum atomic E-state index is 13.4. The number of aromatic carboxylic acids is 1. The quantitative estimate of drug-likeness (QED) is 0.410. The number of amides is 1. The first-order valence-corrected chi connectivity index (χ1v) is 11.9. The Balaban J connectivity index is 1.64. The fourth-order valence-corrected chi connectivity index (χ4v) is 5.07. The lowest BCUT2D eigenvalue weighted by molar-refractivity contribution is -0.124. The normalized spacial score (nSPS) is 19.3. The van der Waals surface area contributed by atoms with E-state index >= 15 is 0 Å². The molecule has 33 heavy (non-hydrogen) atoms. The largest absolute Gasteiger partial charge is 0.490 e. The van der Waals surface area contributed by atoms with Crippen LogP contribution in [0.3, 0.4) is 0 Å². The monoisotopic (exact) mass is 462 g/mol. The van der Waals surface area contributed by atoms with E-state index in [0.717, 1.165) is 37.0 Å². The molecule has 170 valence electrons. The van der Waals surface area contributed by atoms with Gasteiger partial charge in [0.05, 0.1) is 16.2 Å². The Kier molecular flexibility index (Phi) is 7.29. The second-order valence-corrected chi connectivity index (χ2v) is 9.01. The molecule has 2 aliphatic rings. The third-order valence-electron chi connectivity index (χ3n) is 5.64. The molecule has 0 atom stereocenters. The van der Waals surface area contributed by atoms with Gasteiger partial charge in [-0.3, -0.25) is 9.69 Å². The Morgan fingerprint density at radius 1 is 1.18 bits per heavy atom. The maximum absolute atomic E-state index is 13.4. The number of aliphatic imine (C=N–C) groups is 1. The number of carbonyl (C=O) groups is 2. The van der Waals surface area contributed by atoms with E-state index in [2.05, 4.69) is 6.58 Å². The van der Waals surface area contributed by atoms with Crippen molar-refractivity contribution in [3.63, 3.8) is 0 Å². The maximum Gasteiger partial charge on any atom is 0.335 e. The molecule has 0 aromatic heterocycles. The van der Waals surface area contributed by atoms with Crippen LogP contribution in [0.2, 0.25) is 0 Å². The highest BCUT2D eigenvalue weighted by molar-refractivity contribution is 8.18. The molecule has 0 unspecified atom stereocenters. The molecule has 1 amide bonds. The van der Waals surface area contributed by atoms with Crippen molar-refractivity contribution in [3.8, 4) is 5.75 Å². The lowest BCUT2D eigenvalue weighted by Gasteiger charge is -2.30. The standard InChI is InChI=1S/C26H26N2O4S/c1-2-15-32-22-13-11-18(12-14-22)16-23-24(29)28(21-9-4-3-5-10-21)26(33-23)27-20-8-6-7-19(17-20)25(30)31/h2,6-8,11-14,16-17,21H,1,3-5,9-10,15H2,(H,30,31)/b23-16-,27-26?. The summed E-state index contributed by atoms with van der Waals surface area (Å²) in [5.41, 5.74) is 1.59. The summed E-state index contributed by atoms with van der Waals surface area (Å²) in [4.78, 5) is 31.9. The minimum atomic E-state index is -1.00. The van der Waals surface area contributed by atoms with E-state index in [1.165, 1.54) is 30.3 Å². The predicted molar refractivity (Wildman–Crippen MR) is 132 cm³/mol. The zero-order valence-electron chi connectivity index (χ0n) is 18.3. The highest BCUT2D eigenvalue weighted by Gasteiger charge is 2.38. The first kappa shape index (κ1) is 22.9. The van der Waals surface area contributed by atoms with E-state index in [1.54, 1.807) is 18.2 Å². The summed E-state index contributed by atoms with van der Waals surface area (Å²) in [6, 6.07) is 14.2. The van der Waals surface area contributed by atoms with Crippen LogP contribution in [0.4, 0.5) is 5.69 Å². The zero-order valence-corrected chi connectivity index (χ0v) is 19.1. The molecule has 2 aromatic carbocycles. The lowest BCUT2D eigenvalue weighted by atomic mass is 9.94. The van der Waals surface area contributed by atoms with Crippen molar-refractivity contribution in [2.24, 2.45) is 4.99 Å². The van der Waals surface area contributed by atoms with Gasteiger partial charge in [0, 0.05) is 6.04 Å². The van der Waals surface area contributed by atoms with Crippen LogP contribution in [0.25, 0.3) is 6.08 Å².